The fourth-order valence-electron chi connectivity index (χ4n) is 2.74. The minimum absolute atomic E-state index is 0.640. The molecule has 1 aliphatic heterocycles. The van der Waals surface area contributed by atoms with Crippen molar-refractivity contribution < 1.29 is 0 Å². The Morgan fingerprint density at radius 3 is 2.65 bits per heavy atom. The van der Waals surface area contributed by atoms with E-state index in [1.807, 2.05) is 0 Å². The van der Waals surface area contributed by atoms with Crippen LogP contribution >= 0.6 is 0 Å². The Kier molecular flexibility index (Phi) is 6.45. The highest BCUT2D eigenvalue weighted by molar-refractivity contribution is 4.82. The summed E-state index contributed by atoms with van der Waals surface area (Å²) in [5, 5.41) is 3.49. The van der Waals surface area contributed by atoms with Crippen LogP contribution in [0.3, 0.4) is 0 Å². The van der Waals surface area contributed by atoms with Crippen molar-refractivity contribution in [3.63, 3.8) is 0 Å². The van der Waals surface area contributed by atoms with Crippen LogP contribution in [0.25, 0.3) is 0 Å². The zero-order valence-electron chi connectivity index (χ0n) is 12.4. The van der Waals surface area contributed by atoms with Gasteiger partial charge in [0.25, 0.3) is 0 Å². The van der Waals surface area contributed by atoms with Crippen molar-refractivity contribution in [3.05, 3.63) is 0 Å². The van der Waals surface area contributed by atoms with Gasteiger partial charge >= 0.3 is 0 Å². The molecule has 3 unspecified atom stereocenters. The number of nitrogens with zero attached hydrogens (tertiary/aromatic N) is 2. The zero-order chi connectivity index (χ0) is 12.8. The molecule has 0 aromatic carbocycles. The summed E-state index contributed by atoms with van der Waals surface area (Å²) in [5.74, 6) is 0.764. The van der Waals surface area contributed by atoms with Crippen molar-refractivity contribution >= 4 is 0 Å². The van der Waals surface area contributed by atoms with E-state index in [1.165, 1.54) is 38.9 Å². The van der Waals surface area contributed by atoms with Gasteiger partial charge in [0.2, 0.25) is 0 Å². The molecule has 1 rings (SSSR count). The topological polar surface area (TPSA) is 18.5 Å². The molecule has 102 valence electrons. The Morgan fingerprint density at radius 1 is 1.41 bits per heavy atom. The number of nitrogens with one attached hydrogen (secondary N) is 1. The molecule has 1 aliphatic rings. The molecular formula is C14H31N3. The van der Waals surface area contributed by atoms with Gasteiger partial charge in [-0.05, 0) is 46.4 Å². The van der Waals surface area contributed by atoms with Gasteiger partial charge in [0.1, 0.15) is 0 Å². The van der Waals surface area contributed by atoms with Crippen LogP contribution in [-0.4, -0.2) is 62.7 Å². The van der Waals surface area contributed by atoms with E-state index in [1.54, 1.807) is 0 Å². The maximum absolute atomic E-state index is 3.49. The SMILES string of the molecule is CCC(C)C(CN1CCCC(N(C)C)C1)NC. The van der Waals surface area contributed by atoms with Gasteiger partial charge in [0, 0.05) is 25.2 Å². The van der Waals surface area contributed by atoms with E-state index < -0.39 is 0 Å². The quantitative estimate of drug-likeness (QED) is 0.763. The maximum atomic E-state index is 3.49. The lowest BCUT2D eigenvalue weighted by Crippen LogP contribution is -2.50. The molecule has 1 heterocycles. The third-order valence-corrected chi connectivity index (χ3v) is 4.37. The number of rotatable bonds is 6. The fourth-order valence-corrected chi connectivity index (χ4v) is 2.74. The zero-order valence-corrected chi connectivity index (χ0v) is 12.4. The summed E-state index contributed by atoms with van der Waals surface area (Å²) in [7, 11) is 6.51. The molecule has 3 nitrogen and oxygen atoms in total. The van der Waals surface area contributed by atoms with Crippen LogP contribution < -0.4 is 5.32 Å². The van der Waals surface area contributed by atoms with E-state index in [4.69, 9.17) is 0 Å². The molecule has 0 radical (unpaired) electrons. The van der Waals surface area contributed by atoms with Crippen LogP contribution in [0.4, 0.5) is 0 Å². The summed E-state index contributed by atoms with van der Waals surface area (Å²) < 4.78 is 0. The predicted octanol–water partition coefficient (Wildman–Crippen LogP) is 1.65. The maximum Gasteiger partial charge on any atom is 0.0217 e. The van der Waals surface area contributed by atoms with E-state index in [9.17, 15) is 0 Å². The second-order valence-corrected chi connectivity index (χ2v) is 5.80. The second-order valence-electron chi connectivity index (χ2n) is 5.80. The van der Waals surface area contributed by atoms with Gasteiger partial charge in [-0.3, -0.25) is 0 Å². The van der Waals surface area contributed by atoms with Crippen LogP contribution in [0.2, 0.25) is 0 Å². The van der Waals surface area contributed by atoms with E-state index in [0.29, 0.717) is 6.04 Å². The predicted molar refractivity (Wildman–Crippen MR) is 75.5 cm³/mol. The Hall–Kier alpha value is -0.120. The molecule has 0 spiro atoms. The van der Waals surface area contributed by atoms with Gasteiger partial charge in [0.15, 0.2) is 0 Å². The van der Waals surface area contributed by atoms with Crippen LogP contribution in [0.1, 0.15) is 33.1 Å². The first kappa shape index (κ1) is 14.9. The largest absolute Gasteiger partial charge is 0.315 e. The second kappa shape index (κ2) is 7.34. The number of likely N-dealkylation sites (tertiary alicyclic amines) is 1. The van der Waals surface area contributed by atoms with E-state index in [-0.39, 0.29) is 0 Å². The monoisotopic (exact) mass is 241 g/mol. The van der Waals surface area contributed by atoms with Gasteiger partial charge in [-0.2, -0.15) is 0 Å². The summed E-state index contributed by atoms with van der Waals surface area (Å²) in [4.78, 5) is 5.02. The average Bonchev–Trinajstić information content (AvgIpc) is 2.35. The molecule has 0 bridgehead atoms. The molecule has 3 atom stereocenters. The number of likely N-dealkylation sites (N-methyl/N-ethyl adjacent to an activating group) is 2. The highest BCUT2D eigenvalue weighted by Gasteiger charge is 2.24. The Morgan fingerprint density at radius 2 is 2.12 bits per heavy atom. The number of hydrogen-bond donors (Lipinski definition) is 1. The molecule has 1 N–H and O–H groups in total. The highest BCUT2D eigenvalue weighted by Crippen LogP contribution is 2.16. The summed E-state index contributed by atoms with van der Waals surface area (Å²) in [5.41, 5.74) is 0. The van der Waals surface area contributed by atoms with E-state index in [2.05, 4.69) is 50.1 Å². The Labute approximate surface area is 108 Å². The number of hydrogen-bond acceptors (Lipinski definition) is 3. The summed E-state index contributed by atoms with van der Waals surface area (Å²) in [6.45, 7) is 8.36. The fraction of sp³-hybridized carbons (Fsp3) is 1.00. The van der Waals surface area contributed by atoms with Gasteiger partial charge in [-0.1, -0.05) is 20.3 Å². The summed E-state index contributed by atoms with van der Waals surface area (Å²) in [6, 6.07) is 1.39. The smallest absolute Gasteiger partial charge is 0.0217 e. The lowest BCUT2D eigenvalue weighted by molar-refractivity contribution is 0.116. The van der Waals surface area contributed by atoms with Crippen molar-refractivity contribution in [2.45, 2.75) is 45.2 Å². The van der Waals surface area contributed by atoms with Gasteiger partial charge in [-0.25, -0.2) is 0 Å². The van der Waals surface area contributed by atoms with Crippen LogP contribution in [0.15, 0.2) is 0 Å². The van der Waals surface area contributed by atoms with Crippen molar-refractivity contribution in [3.8, 4) is 0 Å². The van der Waals surface area contributed by atoms with Crippen LogP contribution in [0, 0.1) is 5.92 Å². The lowest BCUT2D eigenvalue weighted by atomic mass is 9.97. The summed E-state index contributed by atoms with van der Waals surface area (Å²) >= 11 is 0. The van der Waals surface area contributed by atoms with E-state index >= 15 is 0 Å². The van der Waals surface area contributed by atoms with Crippen LogP contribution in [-0.2, 0) is 0 Å². The molecule has 3 heteroatoms. The minimum Gasteiger partial charge on any atom is -0.315 e. The standard InChI is InChI=1S/C14H31N3/c1-6-12(2)14(15-3)11-17-9-7-8-13(10-17)16(4)5/h12-15H,6-11H2,1-5H3. The normalized spacial score (nSPS) is 26.1. The van der Waals surface area contributed by atoms with Crippen molar-refractivity contribution in [1.82, 2.24) is 15.1 Å². The van der Waals surface area contributed by atoms with Crippen molar-refractivity contribution in [2.24, 2.45) is 5.92 Å². The minimum atomic E-state index is 0.640. The van der Waals surface area contributed by atoms with Gasteiger partial charge in [-0.15, -0.1) is 0 Å². The molecule has 17 heavy (non-hydrogen) atoms. The Bertz CT molecular complexity index is 206. The van der Waals surface area contributed by atoms with Crippen molar-refractivity contribution in [2.75, 3.05) is 40.8 Å². The summed E-state index contributed by atoms with van der Waals surface area (Å²) in [6.07, 6.45) is 3.97. The highest BCUT2D eigenvalue weighted by atomic mass is 15.2. The molecule has 0 saturated carbocycles. The molecule has 1 saturated heterocycles. The third-order valence-electron chi connectivity index (χ3n) is 4.37. The molecule has 1 fully saturated rings. The van der Waals surface area contributed by atoms with Gasteiger partial charge < -0.3 is 15.1 Å². The first-order valence-electron chi connectivity index (χ1n) is 7.14. The van der Waals surface area contributed by atoms with Crippen molar-refractivity contribution in [1.29, 1.82) is 0 Å². The molecular weight excluding hydrogens is 210 g/mol. The molecule has 0 aliphatic carbocycles. The molecule has 0 amide bonds. The van der Waals surface area contributed by atoms with E-state index in [0.717, 1.165) is 12.0 Å². The van der Waals surface area contributed by atoms with Gasteiger partial charge in [0.05, 0.1) is 0 Å². The third kappa shape index (κ3) is 4.57. The molecule has 0 aromatic rings. The average molecular weight is 241 g/mol. The lowest BCUT2D eigenvalue weighted by Gasteiger charge is -2.38. The Balaban J connectivity index is 2.44. The van der Waals surface area contributed by atoms with Crippen LogP contribution in [0.5, 0.6) is 0 Å². The molecule has 0 aromatic heterocycles. The first-order valence-corrected chi connectivity index (χ1v) is 7.14. The first-order chi connectivity index (χ1) is 8.08. The number of piperidine rings is 1.